The number of nitro benzene ring substituents is 1. The smallest absolute Gasteiger partial charge is 0.272 e. The van der Waals surface area contributed by atoms with Crippen LogP contribution in [0.25, 0.3) is 0 Å². The number of benzene rings is 1. The maximum absolute atomic E-state index is 10.8. The van der Waals surface area contributed by atoms with Gasteiger partial charge in [-0.05, 0) is 19.4 Å². The molecule has 1 saturated heterocycles. The third kappa shape index (κ3) is 3.01. The van der Waals surface area contributed by atoms with E-state index in [-0.39, 0.29) is 16.7 Å². The lowest BCUT2D eigenvalue weighted by Crippen LogP contribution is -2.28. The first-order valence-electron chi connectivity index (χ1n) is 5.87. The molecule has 5 nitrogen and oxygen atoms in total. The van der Waals surface area contributed by atoms with Crippen LogP contribution in [0.2, 0.25) is 0 Å². The molecule has 1 aromatic carbocycles. The van der Waals surface area contributed by atoms with Crippen molar-refractivity contribution >= 4 is 5.69 Å². The Kier molecular flexibility index (Phi) is 3.71. The Morgan fingerprint density at radius 3 is 2.88 bits per heavy atom. The Balaban J connectivity index is 1.97. The first-order valence-corrected chi connectivity index (χ1v) is 5.87. The molecule has 0 aliphatic carbocycles. The van der Waals surface area contributed by atoms with Crippen LogP contribution in [0.15, 0.2) is 24.3 Å². The highest BCUT2D eigenvalue weighted by atomic mass is 16.6. The van der Waals surface area contributed by atoms with Crippen molar-refractivity contribution < 1.29 is 4.92 Å². The van der Waals surface area contributed by atoms with Gasteiger partial charge in [0.25, 0.3) is 5.69 Å². The van der Waals surface area contributed by atoms with Crippen molar-refractivity contribution in [1.29, 1.82) is 0 Å². The largest absolute Gasteiger partial charge is 0.326 e. The Hall–Kier alpha value is -1.46. The highest BCUT2D eigenvalue weighted by molar-refractivity contribution is 5.39. The van der Waals surface area contributed by atoms with Crippen LogP contribution >= 0.6 is 0 Å². The molecule has 2 rings (SSSR count). The normalized spacial score (nSPS) is 20.6. The number of hydrogen-bond acceptors (Lipinski definition) is 4. The van der Waals surface area contributed by atoms with Crippen molar-refractivity contribution in [2.75, 3.05) is 19.6 Å². The zero-order valence-electron chi connectivity index (χ0n) is 9.71. The Morgan fingerprint density at radius 1 is 1.47 bits per heavy atom. The number of nitrogens with two attached hydrogens (primary N) is 1. The lowest BCUT2D eigenvalue weighted by Gasteiger charge is -2.14. The van der Waals surface area contributed by atoms with Gasteiger partial charge in [-0.3, -0.25) is 10.1 Å². The van der Waals surface area contributed by atoms with E-state index in [2.05, 4.69) is 4.90 Å². The summed E-state index contributed by atoms with van der Waals surface area (Å²) in [5.41, 5.74) is 6.84. The van der Waals surface area contributed by atoms with E-state index in [1.54, 1.807) is 12.1 Å². The fraction of sp³-hybridized carbons (Fsp3) is 0.500. The molecule has 0 aromatic heterocycles. The van der Waals surface area contributed by atoms with Gasteiger partial charge in [-0.1, -0.05) is 18.2 Å². The molecule has 0 amide bonds. The summed E-state index contributed by atoms with van der Waals surface area (Å²) in [4.78, 5) is 12.8. The summed E-state index contributed by atoms with van der Waals surface area (Å²) in [6.45, 7) is 2.75. The zero-order valence-corrected chi connectivity index (χ0v) is 9.71. The Bertz CT molecular complexity index is 408. The maximum Gasteiger partial charge on any atom is 0.272 e. The van der Waals surface area contributed by atoms with Crippen LogP contribution in [-0.4, -0.2) is 35.5 Å². The molecule has 5 heteroatoms. The van der Waals surface area contributed by atoms with Crippen molar-refractivity contribution in [2.45, 2.75) is 18.9 Å². The molecule has 1 aromatic rings. The van der Waals surface area contributed by atoms with Gasteiger partial charge in [0.05, 0.1) is 4.92 Å². The van der Waals surface area contributed by atoms with Gasteiger partial charge in [0, 0.05) is 30.8 Å². The van der Waals surface area contributed by atoms with Gasteiger partial charge in [-0.25, -0.2) is 0 Å². The van der Waals surface area contributed by atoms with Crippen LogP contribution in [-0.2, 0) is 6.42 Å². The lowest BCUT2D eigenvalue weighted by molar-refractivity contribution is -0.385. The first kappa shape index (κ1) is 12.0. The van der Waals surface area contributed by atoms with Gasteiger partial charge >= 0.3 is 0 Å². The Labute approximate surface area is 100 Å². The number of likely N-dealkylation sites (tertiary alicyclic amines) is 1. The van der Waals surface area contributed by atoms with Crippen molar-refractivity contribution in [1.82, 2.24) is 4.90 Å². The summed E-state index contributed by atoms with van der Waals surface area (Å²) in [5.74, 6) is 0. The van der Waals surface area contributed by atoms with Crippen LogP contribution in [0.3, 0.4) is 0 Å². The minimum absolute atomic E-state index is 0.219. The van der Waals surface area contributed by atoms with E-state index >= 15 is 0 Å². The number of rotatable bonds is 4. The highest BCUT2D eigenvalue weighted by Gasteiger charge is 2.20. The molecular formula is C12H17N3O2. The molecule has 0 bridgehead atoms. The summed E-state index contributed by atoms with van der Waals surface area (Å²) < 4.78 is 0. The first-order chi connectivity index (χ1) is 8.16. The quantitative estimate of drug-likeness (QED) is 0.628. The van der Waals surface area contributed by atoms with E-state index < -0.39 is 0 Å². The van der Waals surface area contributed by atoms with Crippen molar-refractivity contribution in [3.05, 3.63) is 39.9 Å². The second-order valence-corrected chi connectivity index (χ2v) is 4.49. The van der Waals surface area contributed by atoms with Gasteiger partial charge in [-0.2, -0.15) is 0 Å². The lowest BCUT2D eigenvalue weighted by atomic mass is 10.1. The fourth-order valence-electron chi connectivity index (χ4n) is 2.24. The topological polar surface area (TPSA) is 72.4 Å². The second-order valence-electron chi connectivity index (χ2n) is 4.49. The van der Waals surface area contributed by atoms with Gasteiger partial charge in [0.15, 0.2) is 0 Å². The minimum Gasteiger partial charge on any atom is -0.326 e. The highest BCUT2D eigenvalue weighted by Crippen LogP contribution is 2.19. The number of para-hydroxylation sites is 1. The molecule has 1 aliphatic rings. The predicted octanol–water partition coefficient (Wildman–Crippen LogP) is 1.17. The molecule has 1 aliphatic heterocycles. The minimum atomic E-state index is -0.314. The fourth-order valence-corrected chi connectivity index (χ4v) is 2.24. The van der Waals surface area contributed by atoms with Gasteiger partial charge in [0.1, 0.15) is 0 Å². The van der Waals surface area contributed by atoms with Gasteiger partial charge < -0.3 is 10.6 Å². The molecule has 0 unspecified atom stereocenters. The van der Waals surface area contributed by atoms with Crippen LogP contribution in [0.1, 0.15) is 12.0 Å². The van der Waals surface area contributed by atoms with Crippen LogP contribution in [0.4, 0.5) is 5.69 Å². The van der Waals surface area contributed by atoms with E-state index in [4.69, 9.17) is 5.73 Å². The molecule has 1 fully saturated rings. The SMILES string of the molecule is N[C@H]1CCN(CCc2ccccc2[N+](=O)[O-])C1. The van der Waals surface area contributed by atoms with E-state index in [9.17, 15) is 10.1 Å². The molecule has 17 heavy (non-hydrogen) atoms. The average Bonchev–Trinajstić information content (AvgIpc) is 2.73. The standard InChI is InChI=1S/C12H17N3O2/c13-11-6-8-14(9-11)7-5-10-3-1-2-4-12(10)15(16)17/h1-4,11H,5-9,13H2/t11-/m0/s1. The number of nitro groups is 1. The molecule has 1 atom stereocenters. The number of hydrogen-bond donors (Lipinski definition) is 1. The van der Waals surface area contributed by atoms with E-state index in [1.165, 1.54) is 0 Å². The monoisotopic (exact) mass is 235 g/mol. The van der Waals surface area contributed by atoms with Crippen molar-refractivity contribution in [2.24, 2.45) is 5.73 Å². The summed E-state index contributed by atoms with van der Waals surface area (Å²) in [5, 5.41) is 10.8. The summed E-state index contributed by atoms with van der Waals surface area (Å²) in [7, 11) is 0. The van der Waals surface area contributed by atoms with E-state index in [1.807, 2.05) is 12.1 Å². The van der Waals surface area contributed by atoms with Gasteiger partial charge in [-0.15, -0.1) is 0 Å². The third-order valence-corrected chi connectivity index (χ3v) is 3.19. The molecule has 2 N–H and O–H groups in total. The Morgan fingerprint density at radius 2 is 2.24 bits per heavy atom. The van der Waals surface area contributed by atoms with Crippen LogP contribution in [0, 0.1) is 10.1 Å². The molecule has 0 saturated carbocycles. The third-order valence-electron chi connectivity index (χ3n) is 3.19. The maximum atomic E-state index is 10.8. The second kappa shape index (κ2) is 5.25. The van der Waals surface area contributed by atoms with E-state index in [0.29, 0.717) is 6.42 Å². The van der Waals surface area contributed by atoms with Crippen LogP contribution < -0.4 is 5.73 Å². The molecule has 0 radical (unpaired) electrons. The van der Waals surface area contributed by atoms with Crippen molar-refractivity contribution in [3.63, 3.8) is 0 Å². The molecule has 92 valence electrons. The molecule has 0 spiro atoms. The van der Waals surface area contributed by atoms with E-state index in [0.717, 1.165) is 31.6 Å². The van der Waals surface area contributed by atoms with Crippen LogP contribution in [0.5, 0.6) is 0 Å². The van der Waals surface area contributed by atoms with Gasteiger partial charge in [0.2, 0.25) is 0 Å². The summed E-state index contributed by atoms with van der Waals surface area (Å²) >= 11 is 0. The zero-order chi connectivity index (χ0) is 12.3. The summed E-state index contributed by atoms with van der Waals surface area (Å²) in [6.07, 6.45) is 1.74. The van der Waals surface area contributed by atoms with Crippen molar-refractivity contribution in [3.8, 4) is 0 Å². The average molecular weight is 235 g/mol. The molecule has 1 heterocycles. The predicted molar refractivity (Wildman–Crippen MR) is 65.8 cm³/mol. The number of nitrogens with zero attached hydrogens (tertiary/aromatic N) is 2. The molecular weight excluding hydrogens is 218 g/mol. The summed E-state index contributed by atoms with van der Waals surface area (Å²) in [6, 6.07) is 7.20.